The van der Waals surface area contributed by atoms with Gasteiger partial charge in [0.1, 0.15) is 21.8 Å². The predicted octanol–water partition coefficient (Wildman–Crippen LogP) is 8.36. The van der Waals surface area contributed by atoms with E-state index in [-0.39, 0.29) is 30.4 Å². The lowest BCUT2D eigenvalue weighted by atomic mass is 9.95. The van der Waals surface area contributed by atoms with Crippen LogP contribution in [0.4, 0.5) is 4.39 Å². The molecule has 3 aromatic rings. The van der Waals surface area contributed by atoms with Crippen LogP contribution in [0.1, 0.15) is 96.3 Å². The van der Waals surface area contributed by atoms with Crippen molar-refractivity contribution >= 4 is 33.7 Å². The van der Waals surface area contributed by atoms with Gasteiger partial charge in [0.15, 0.2) is 5.79 Å². The summed E-state index contributed by atoms with van der Waals surface area (Å²) in [6.07, 6.45) is 6.38. The minimum atomic E-state index is -0.854. The Morgan fingerprint density at radius 3 is 2.45 bits per heavy atom. The number of nitrogens with zero attached hydrogens (tertiary/aromatic N) is 2. The third-order valence-corrected chi connectivity index (χ3v) is 7.35. The molecule has 3 heterocycles. The van der Waals surface area contributed by atoms with Crippen LogP contribution >= 0.6 is 11.3 Å². The van der Waals surface area contributed by atoms with E-state index in [1.807, 2.05) is 61.5 Å². The van der Waals surface area contributed by atoms with Crippen molar-refractivity contribution < 1.29 is 23.4 Å². The van der Waals surface area contributed by atoms with Gasteiger partial charge in [-0.05, 0) is 72.1 Å². The monoisotopic (exact) mass is 568 g/mol. The molecule has 0 bridgehead atoms. The number of rotatable bonds is 6. The molecule has 1 aromatic carbocycles. The van der Waals surface area contributed by atoms with E-state index in [2.05, 4.69) is 6.08 Å². The van der Waals surface area contributed by atoms with Gasteiger partial charge in [-0.15, -0.1) is 0 Å². The Morgan fingerprint density at radius 1 is 1.15 bits per heavy atom. The first kappa shape index (κ1) is 30.3. The molecule has 0 N–H and O–H groups in total. The zero-order valence-electron chi connectivity index (χ0n) is 24.8. The van der Waals surface area contributed by atoms with Crippen molar-refractivity contribution in [2.24, 2.45) is 0 Å². The highest BCUT2D eigenvalue weighted by atomic mass is 32.1. The summed E-state index contributed by atoms with van der Waals surface area (Å²) >= 11 is 1.58. The Morgan fingerprint density at radius 2 is 1.82 bits per heavy atom. The molecule has 1 saturated carbocycles. The molecule has 8 heteroatoms. The second-order valence-electron chi connectivity index (χ2n) is 11.6. The van der Waals surface area contributed by atoms with E-state index in [9.17, 15) is 9.18 Å². The number of aryl methyl sites for hydroxylation is 1. The van der Waals surface area contributed by atoms with Crippen LogP contribution in [0.25, 0.3) is 27.6 Å². The van der Waals surface area contributed by atoms with Crippen LogP contribution in [0.5, 0.6) is 0 Å². The molecule has 40 heavy (non-hydrogen) atoms. The van der Waals surface area contributed by atoms with Gasteiger partial charge >= 0.3 is 5.97 Å². The van der Waals surface area contributed by atoms with E-state index in [0.717, 1.165) is 50.6 Å². The summed E-state index contributed by atoms with van der Waals surface area (Å²) < 4.78 is 31.6. The number of benzene rings is 1. The van der Waals surface area contributed by atoms with Gasteiger partial charge in [0, 0.05) is 23.5 Å². The number of carbonyl (C=O) groups excluding carboxylic acids is 1. The van der Waals surface area contributed by atoms with E-state index in [4.69, 9.17) is 24.2 Å². The van der Waals surface area contributed by atoms with Gasteiger partial charge in [0.05, 0.1) is 29.3 Å². The summed E-state index contributed by atoms with van der Waals surface area (Å²) in [6, 6.07) is 6.57. The molecule has 1 saturated heterocycles. The number of fused-ring (bicyclic) bond motifs is 1. The van der Waals surface area contributed by atoms with Gasteiger partial charge in [-0.2, -0.15) is 0 Å². The smallest absolute Gasteiger partial charge is 0.308 e. The molecule has 2 atom stereocenters. The summed E-state index contributed by atoms with van der Waals surface area (Å²) in [7, 11) is 0. The second kappa shape index (κ2) is 12.0. The van der Waals surface area contributed by atoms with E-state index in [1.165, 1.54) is 12.1 Å². The van der Waals surface area contributed by atoms with Crippen molar-refractivity contribution in [3.63, 3.8) is 0 Å². The molecule has 2 fully saturated rings. The van der Waals surface area contributed by atoms with E-state index in [0.29, 0.717) is 12.3 Å². The number of thiazole rings is 1. The number of hydrogen-bond acceptors (Lipinski definition) is 7. The minimum Gasteiger partial charge on any atom is -0.460 e. The topological polar surface area (TPSA) is 70.5 Å². The van der Waals surface area contributed by atoms with Crippen molar-refractivity contribution in [1.29, 1.82) is 0 Å². The predicted molar refractivity (Wildman–Crippen MR) is 159 cm³/mol. The molecule has 2 unspecified atom stereocenters. The van der Waals surface area contributed by atoms with Crippen LogP contribution in [0, 0.1) is 12.7 Å². The van der Waals surface area contributed by atoms with Gasteiger partial charge in [0.25, 0.3) is 0 Å². The first-order valence-electron chi connectivity index (χ1n) is 14.2. The van der Waals surface area contributed by atoms with Crippen LogP contribution in [0.2, 0.25) is 0 Å². The zero-order chi connectivity index (χ0) is 29.2. The number of carbonyl (C=O) groups is 1. The molecule has 2 aliphatic rings. The normalized spacial score (nSPS) is 20.8. The third kappa shape index (κ3) is 7.53. The van der Waals surface area contributed by atoms with Crippen LogP contribution in [-0.4, -0.2) is 39.5 Å². The number of pyridine rings is 1. The third-order valence-electron chi connectivity index (χ3n) is 6.49. The van der Waals surface area contributed by atoms with Crippen molar-refractivity contribution in [2.45, 2.75) is 111 Å². The molecule has 0 amide bonds. The van der Waals surface area contributed by atoms with Crippen molar-refractivity contribution in [3.8, 4) is 11.1 Å². The van der Waals surface area contributed by atoms with Gasteiger partial charge < -0.3 is 14.2 Å². The summed E-state index contributed by atoms with van der Waals surface area (Å²) in [5.74, 6) is -1.02. The molecule has 1 aliphatic heterocycles. The molecule has 0 radical (unpaired) electrons. The maximum absolute atomic E-state index is 13.8. The Kier molecular flexibility index (Phi) is 9.12. The second-order valence-corrected chi connectivity index (χ2v) is 12.8. The number of aromatic nitrogens is 2. The Hall–Kier alpha value is -2.68. The Bertz CT molecular complexity index is 1370. The van der Waals surface area contributed by atoms with Gasteiger partial charge in [-0.3, -0.25) is 4.79 Å². The zero-order valence-corrected chi connectivity index (χ0v) is 25.7. The fourth-order valence-electron chi connectivity index (χ4n) is 4.99. The Labute approximate surface area is 241 Å². The maximum Gasteiger partial charge on any atom is 0.308 e. The molecule has 1 aliphatic carbocycles. The van der Waals surface area contributed by atoms with Crippen LogP contribution in [-0.2, 0) is 19.0 Å². The molecular weight excluding hydrogens is 527 g/mol. The number of esters is 1. The van der Waals surface area contributed by atoms with E-state index in [1.54, 1.807) is 23.5 Å². The first-order chi connectivity index (χ1) is 18.9. The van der Waals surface area contributed by atoms with Crippen molar-refractivity contribution in [3.05, 3.63) is 52.4 Å². The highest BCUT2D eigenvalue weighted by Gasteiger charge is 2.37. The molecular formula is C32H41FN2O4S. The number of hydrogen-bond donors (Lipinski definition) is 0. The molecule has 6 nitrogen and oxygen atoms in total. The highest BCUT2D eigenvalue weighted by Crippen LogP contribution is 2.46. The quantitative estimate of drug-likeness (QED) is 0.278. The SMILES string of the molecule is CC.Cc1nc2c(-c3ccc(F)cc3)c(/C=C/C3CC(CC(=O)OC(C)(C)C)OC(C)(C)O3)c(C3CC3)nc2s1. The van der Waals surface area contributed by atoms with Gasteiger partial charge in [0.2, 0.25) is 0 Å². The van der Waals surface area contributed by atoms with Crippen LogP contribution < -0.4 is 0 Å². The largest absolute Gasteiger partial charge is 0.460 e. The van der Waals surface area contributed by atoms with Crippen LogP contribution in [0.15, 0.2) is 30.3 Å². The van der Waals surface area contributed by atoms with Crippen molar-refractivity contribution in [1.82, 2.24) is 9.97 Å². The lowest BCUT2D eigenvalue weighted by molar-refractivity contribution is -0.290. The summed E-state index contributed by atoms with van der Waals surface area (Å²) in [4.78, 5) is 23.3. The lowest BCUT2D eigenvalue weighted by Crippen LogP contribution is -2.45. The molecule has 0 spiro atoms. The minimum absolute atomic E-state index is 0.161. The van der Waals surface area contributed by atoms with E-state index < -0.39 is 11.4 Å². The average molecular weight is 569 g/mol. The maximum atomic E-state index is 13.8. The lowest BCUT2D eigenvalue weighted by Gasteiger charge is -2.39. The fourth-order valence-corrected chi connectivity index (χ4v) is 5.80. The van der Waals surface area contributed by atoms with Crippen molar-refractivity contribution in [2.75, 3.05) is 0 Å². The highest BCUT2D eigenvalue weighted by molar-refractivity contribution is 7.18. The fraction of sp³-hybridized carbons (Fsp3) is 0.531. The average Bonchev–Trinajstić information content (AvgIpc) is 3.62. The number of halogens is 1. The molecule has 2 aromatic heterocycles. The van der Waals surface area contributed by atoms with Gasteiger partial charge in [-0.25, -0.2) is 14.4 Å². The Balaban J connectivity index is 0.00000181. The van der Waals surface area contributed by atoms with Gasteiger partial charge in [-0.1, -0.05) is 49.5 Å². The summed E-state index contributed by atoms with van der Waals surface area (Å²) in [6.45, 7) is 15.3. The van der Waals surface area contributed by atoms with E-state index >= 15 is 0 Å². The standard InChI is InChI=1S/C30H35FN2O4S.C2H6/c1-17-32-27-25(18-9-11-20(31)12-10-18)23(26(19-7-8-19)33-28(27)38-17)14-13-21-15-22(36-30(5,6)35-21)16-24(34)37-29(2,3)4;1-2/h9-14,19,21-22H,7-8,15-16H2,1-6H3;1-2H3/b14-13+;. The summed E-state index contributed by atoms with van der Waals surface area (Å²) in [5.41, 5.74) is 4.20. The molecule has 5 rings (SSSR count). The first-order valence-corrected chi connectivity index (χ1v) is 15.0. The molecule has 216 valence electrons. The number of ether oxygens (including phenoxy) is 3. The van der Waals surface area contributed by atoms with Crippen LogP contribution in [0.3, 0.4) is 0 Å². The summed E-state index contributed by atoms with van der Waals surface area (Å²) in [5, 5.41) is 0.943.